The molecule has 1 aliphatic carbocycles. The predicted molar refractivity (Wildman–Crippen MR) is 181 cm³/mol. The zero-order valence-electron chi connectivity index (χ0n) is 29.4. The second-order valence-electron chi connectivity index (χ2n) is 13.6. The Morgan fingerprint density at radius 3 is 2.13 bits per heavy atom. The summed E-state index contributed by atoms with van der Waals surface area (Å²) in [5.41, 5.74) is 0. The number of allylic oxidation sites excluding steroid dienone is 2. The van der Waals surface area contributed by atoms with Crippen LogP contribution in [-0.2, 0) is 42.7 Å². The van der Waals surface area contributed by atoms with Gasteiger partial charge in [0, 0.05) is 39.3 Å². The zero-order valence-corrected chi connectivity index (χ0v) is 29.4. The van der Waals surface area contributed by atoms with Crippen LogP contribution in [0.25, 0.3) is 0 Å². The average molecular weight is 665 g/mol. The van der Waals surface area contributed by atoms with Crippen molar-refractivity contribution in [3.05, 3.63) is 24.3 Å². The van der Waals surface area contributed by atoms with E-state index >= 15 is 0 Å². The summed E-state index contributed by atoms with van der Waals surface area (Å²) in [6.07, 6.45) is 27.5. The Labute approximate surface area is 284 Å². The average Bonchev–Trinajstić information content (AvgIpc) is 3.40. The fourth-order valence-corrected chi connectivity index (χ4v) is 7.14. The minimum atomic E-state index is -0.309. The van der Waals surface area contributed by atoms with E-state index in [4.69, 9.17) is 37.9 Å². The summed E-state index contributed by atoms with van der Waals surface area (Å²) < 4.78 is 48.2. The van der Waals surface area contributed by atoms with Crippen LogP contribution in [0.1, 0.15) is 122 Å². The maximum Gasteiger partial charge on any atom is 0.332 e. The first-order chi connectivity index (χ1) is 23.2. The Hall–Kier alpha value is -1.33. The lowest BCUT2D eigenvalue weighted by Crippen LogP contribution is -2.31. The molecule has 3 unspecified atom stereocenters. The summed E-state index contributed by atoms with van der Waals surface area (Å²) in [4.78, 5) is 11.5. The highest BCUT2D eigenvalue weighted by Crippen LogP contribution is 2.42. The molecule has 47 heavy (non-hydrogen) atoms. The van der Waals surface area contributed by atoms with E-state index < -0.39 is 0 Å². The number of carbonyl (C=O) groups excluding carboxylic acids is 1. The van der Waals surface area contributed by atoms with E-state index in [0.29, 0.717) is 6.61 Å². The SMILES string of the molecule is CCCCC[C@@H](/C=C/[C@@H]1[C@@H](C/C=C\CCCCOC(=O)COC)[C@@H](OC2CCCCO2)C[C@H]1OC1CCCCO1)OC1CCCCO1. The lowest BCUT2D eigenvalue weighted by atomic mass is 9.89. The van der Waals surface area contributed by atoms with E-state index in [0.717, 1.165) is 123 Å². The molecule has 3 saturated heterocycles. The number of esters is 1. The molecule has 3 heterocycles. The summed E-state index contributed by atoms with van der Waals surface area (Å²) in [6, 6.07) is 0. The van der Waals surface area contributed by atoms with E-state index in [1.165, 1.54) is 20.0 Å². The van der Waals surface area contributed by atoms with Crippen LogP contribution in [0.3, 0.4) is 0 Å². The van der Waals surface area contributed by atoms with Gasteiger partial charge in [-0.2, -0.15) is 0 Å². The Morgan fingerprint density at radius 2 is 1.49 bits per heavy atom. The van der Waals surface area contributed by atoms with Crippen molar-refractivity contribution in [1.29, 1.82) is 0 Å². The lowest BCUT2D eigenvalue weighted by Gasteiger charge is -2.30. The van der Waals surface area contributed by atoms with Crippen LogP contribution in [0, 0.1) is 11.8 Å². The van der Waals surface area contributed by atoms with Crippen molar-refractivity contribution in [2.24, 2.45) is 11.8 Å². The van der Waals surface area contributed by atoms with Crippen LogP contribution in [0.2, 0.25) is 0 Å². The highest BCUT2D eigenvalue weighted by Gasteiger charge is 2.45. The number of unbranched alkanes of at least 4 members (excludes halogenated alkanes) is 4. The smallest absolute Gasteiger partial charge is 0.332 e. The van der Waals surface area contributed by atoms with Crippen LogP contribution in [0.4, 0.5) is 0 Å². The third-order valence-corrected chi connectivity index (χ3v) is 9.76. The van der Waals surface area contributed by atoms with E-state index in [9.17, 15) is 4.79 Å². The molecule has 1 saturated carbocycles. The summed E-state index contributed by atoms with van der Waals surface area (Å²) in [7, 11) is 1.50. The van der Waals surface area contributed by atoms with Crippen LogP contribution < -0.4 is 0 Å². The van der Waals surface area contributed by atoms with Gasteiger partial charge in [-0.15, -0.1) is 0 Å². The van der Waals surface area contributed by atoms with Gasteiger partial charge in [0.25, 0.3) is 0 Å². The molecule has 0 spiro atoms. The van der Waals surface area contributed by atoms with Gasteiger partial charge in [-0.05, 0) is 95.8 Å². The summed E-state index contributed by atoms with van der Waals surface area (Å²) >= 11 is 0. The second kappa shape index (κ2) is 23.1. The minimum absolute atomic E-state index is 0.00356. The van der Waals surface area contributed by atoms with Crippen molar-refractivity contribution in [3.8, 4) is 0 Å². The first kappa shape index (κ1) is 38.5. The van der Waals surface area contributed by atoms with Crippen molar-refractivity contribution in [2.75, 3.05) is 40.1 Å². The van der Waals surface area contributed by atoms with Gasteiger partial charge in [0.15, 0.2) is 18.9 Å². The Bertz CT molecular complexity index is 876. The first-order valence-corrected chi connectivity index (χ1v) is 18.9. The van der Waals surface area contributed by atoms with Gasteiger partial charge in [0.05, 0.1) is 24.9 Å². The number of hydrogen-bond acceptors (Lipinski definition) is 9. The van der Waals surface area contributed by atoms with E-state index in [-0.39, 0.29) is 61.6 Å². The topological polar surface area (TPSA) is 90.9 Å². The highest BCUT2D eigenvalue weighted by molar-refractivity contribution is 5.70. The lowest BCUT2D eigenvalue weighted by molar-refractivity contribution is -0.203. The van der Waals surface area contributed by atoms with Crippen molar-refractivity contribution in [3.63, 3.8) is 0 Å². The standard InChI is InChI=1S/C38H64O9/c1-3-4-8-17-30(45-36-19-10-14-25-42-36)22-23-32-31(18-9-6-5-7-13-24-41-35(39)29-40-2)33(46-37-20-11-15-26-43-37)28-34(32)47-38-21-12-16-27-44-38/h6,9,22-23,30-34,36-38H,3-5,7-8,10-21,24-29H2,1-2H3/b9-6-,23-22+/t30-,31+,32+,33-,34+,36?,37?,38?/m0/s1. The third-order valence-electron chi connectivity index (χ3n) is 9.76. The largest absolute Gasteiger partial charge is 0.464 e. The maximum atomic E-state index is 11.5. The number of ether oxygens (including phenoxy) is 8. The molecule has 3 aliphatic heterocycles. The van der Waals surface area contributed by atoms with Crippen LogP contribution in [-0.4, -0.2) is 83.3 Å². The van der Waals surface area contributed by atoms with E-state index in [1.807, 2.05) is 0 Å². The second-order valence-corrected chi connectivity index (χ2v) is 13.6. The van der Waals surface area contributed by atoms with Gasteiger partial charge in [-0.25, -0.2) is 4.79 Å². The monoisotopic (exact) mass is 664 g/mol. The van der Waals surface area contributed by atoms with Crippen molar-refractivity contribution in [2.45, 2.75) is 160 Å². The number of rotatable bonds is 21. The minimum Gasteiger partial charge on any atom is -0.464 e. The molecule has 4 fully saturated rings. The third kappa shape index (κ3) is 14.6. The van der Waals surface area contributed by atoms with Gasteiger partial charge in [-0.3, -0.25) is 0 Å². The molecule has 9 nitrogen and oxygen atoms in total. The van der Waals surface area contributed by atoms with Gasteiger partial charge in [-0.1, -0.05) is 50.5 Å². The highest BCUT2D eigenvalue weighted by atomic mass is 16.7. The molecule has 0 aromatic rings. The van der Waals surface area contributed by atoms with E-state index in [2.05, 4.69) is 31.2 Å². The number of carbonyl (C=O) groups is 1. The number of methoxy groups -OCH3 is 1. The van der Waals surface area contributed by atoms with Crippen LogP contribution in [0.5, 0.6) is 0 Å². The molecule has 4 aliphatic rings. The number of hydrogen-bond donors (Lipinski definition) is 0. The van der Waals surface area contributed by atoms with Crippen molar-refractivity contribution < 1.29 is 42.7 Å². The Morgan fingerprint density at radius 1 is 0.809 bits per heavy atom. The van der Waals surface area contributed by atoms with Gasteiger partial charge in [0.1, 0.15) is 6.61 Å². The fourth-order valence-electron chi connectivity index (χ4n) is 7.14. The van der Waals surface area contributed by atoms with E-state index in [1.54, 1.807) is 0 Å². The summed E-state index contributed by atoms with van der Waals surface area (Å²) in [5.74, 6) is 0.110. The van der Waals surface area contributed by atoms with Crippen LogP contribution >= 0.6 is 0 Å². The predicted octanol–water partition coefficient (Wildman–Crippen LogP) is 7.80. The molecule has 9 heteroatoms. The van der Waals surface area contributed by atoms with Gasteiger partial charge in [0.2, 0.25) is 0 Å². The normalized spacial score (nSPS) is 31.1. The molecule has 8 atom stereocenters. The molecule has 0 radical (unpaired) electrons. The first-order valence-electron chi connectivity index (χ1n) is 18.9. The molecule has 0 amide bonds. The maximum absolute atomic E-state index is 11.5. The van der Waals surface area contributed by atoms with Crippen LogP contribution in [0.15, 0.2) is 24.3 Å². The quantitative estimate of drug-likeness (QED) is 0.0693. The molecule has 0 N–H and O–H groups in total. The molecule has 0 aromatic heterocycles. The Balaban J connectivity index is 1.45. The molecule has 0 bridgehead atoms. The van der Waals surface area contributed by atoms with Gasteiger partial charge >= 0.3 is 5.97 Å². The van der Waals surface area contributed by atoms with Crippen molar-refractivity contribution >= 4 is 5.97 Å². The molecule has 270 valence electrons. The molecule has 0 aromatic carbocycles. The van der Waals surface area contributed by atoms with Crippen molar-refractivity contribution in [1.82, 2.24) is 0 Å². The molecule has 4 rings (SSSR count). The van der Waals surface area contributed by atoms with Gasteiger partial charge < -0.3 is 37.9 Å². The molecular formula is C38H64O9. The molecular weight excluding hydrogens is 600 g/mol. The summed E-state index contributed by atoms with van der Waals surface area (Å²) in [5, 5.41) is 0. The summed E-state index contributed by atoms with van der Waals surface area (Å²) in [6.45, 7) is 4.99. The Kier molecular flexibility index (Phi) is 18.9. The zero-order chi connectivity index (χ0) is 32.9. The fraction of sp³-hybridized carbons (Fsp3) is 0.868.